The molecule has 0 saturated heterocycles. The van der Waals surface area contributed by atoms with Gasteiger partial charge in [0, 0.05) is 19.1 Å². The summed E-state index contributed by atoms with van der Waals surface area (Å²) >= 11 is 0. The molecule has 1 aromatic rings. The van der Waals surface area contributed by atoms with Gasteiger partial charge in [-0.25, -0.2) is 0 Å². The number of hydrogen-bond acceptors (Lipinski definition) is 2. The van der Waals surface area contributed by atoms with Gasteiger partial charge in [0.05, 0.1) is 5.54 Å². The highest BCUT2D eigenvalue weighted by atomic mass is 15.3. The molecule has 2 fully saturated rings. The zero-order valence-corrected chi connectivity index (χ0v) is 13.2. The zero-order chi connectivity index (χ0) is 14.4. The molecular formula is C19H28N2. The van der Waals surface area contributed by atoms with E-state index in [9.17, 15) is 0 Å². The van der Waals surface area contributed by atoms with Crippen molar-refractivity contribution in [2.24, 2.45) is 11.7 Å². The lowest BCUT2D eigenvalue weighted by Crippen LogP contribution is -2.55. The van der Waals surface area contributed by atoms with Gasteiger partial charge in [-0.3, -0.25) is 4.90 Å². The Labute approximate surface area is 128 Å². The molecule has 0 radical (unpaired) electrons. The molecule has 21 heavy (non-hydrogen) atoms. The van der Waals surface area contributed by atoms with Crippen LogP contribution in [0.25, 0.3) is 0 Å². The van der Waals surface area contributed by atoms with Crippen molar-refractivity contribution in [1.82, 2.24) is 4.90 Å². The monoisotopic (exact) mass is 284 g/mol. The summed E-state index contributed by atoms with van der Waals surface area (Å²) in [6.45, 7) is 4.44. The molecule has 2 unspecified atom stereocenters. The summed E-state index contributed by atoms with van der Waals surface area (Å²) in [6.07, 6.45) is 8.15. The van der Waals surface area contributed by atoms with E-state index in [2.05, 4.69) is 36.1 Å². The Morgan fingerprint density at radius 1 is 1.14 bits per heavy atom. The van der Waals surface area contributed by atoms with Crippen LogP contribution in [0.3, 0.4) is 0 Å². The molecule has 0 aromatic heterocycles. The predicted octanol–water partition coefficient (Wildman–Crippen LogP) is 3.61. The van der Waals surface area contributed by atoms with Crippen LogP contribution >= 0.6 is 0 Å². The number of benzene rings is 1. The first-order valence-electron chi connectivity index (χ1n) is 8.81. The SMILES string of the molecule is CC1CCC(CN)(N(CC2CC2)C2CC2)c2ccccc21. The Bertz CT molecular complexity index is 518. The van der Waals surface area contributed by atoms with E-state index in [1.807, 2.05) is 0 Å². The predicted molar refractivity (Wildman–Crippen MR) is 87.3 cm³/mol. The minimum absolute atomic E-state index is 0.118. The number of rotatable bonds is 5. The van der Waals surface area contributed by atoms with Gasteiger partial charge in [0.25, 0.3) is 0 Å². The van der Waals surface area contributed by atoms with Crippen molar-refractivity contribution in [3.63, 3.8) is 0 Å². The van der Waals surface area contributed by atoms with E-state index in [4.69, 9.17) is 5.73 Å². The molecule has 0 heterocycles. The van der Waals surface area contributed by atoms with Crippen molar-refractivity contribution in [2.45, 2.75) is 62.9 Å². The summed E-state index contributed by atoms with van der Waals surface area (Å²) in [5, 5.41) is 0. The Kier molecular flexibility index (Phi) is 3.35. The van der Waals surface area contributed by atoms with Crippen molar-refractivity contribution in [1.29, 1.82) is 0 Å². The van der Waals surface area contributed by atoms with E-state index >= 15 is 0 Å². The standard InChI is InChI=1S/C19H28N2/c1-14-10-11-19(13-20,18-5-3-2-4-17(14)18)21(16-8-9-16)12-15-6-7-15/h2-5,14-16H,6-13,20H2,1H3. The Morgan fingerprint density at radius 3 is 2.57 bits per heavy atom. The van der Waals surface area contributed by atoms with Crippen molar-refractivity contribution in [2.75, 3.05) is 13.1 Å². The van der Waals surface area contributed by atoms with Crippen LogP contribution in [0.1, 0.15) is 62.5 Å². The molecule has 3 aliphatic carbocycles. The van der Waals surface area contributed by atoms with Crippen LogP contribution in [0.5, 0.6) is 0 Å². The summed E-state index contributed by atoms with van der Waals surface area (Å²) < 4.78 is 0. The fraction of sp³-hybridized carbons (Fsp3) is 0.684. The van der Waals surface area contributed by atoms with Crippen LogP contribution in [0, 0.1) is 5.92 Å². The second kappa shape index (κ2) is 5.10. The minimum atomic E-state index is 0.118. The molecular weight excluding hydrogens is 256 g/mol. The summed E-state index contributed by atoms with van der Waals surface area (Å²) in [5.74, 6) is 1.63. The first kappa shape index (κ1) is 13.8. The van der Waals surface area contributed by atoms with Crippen LogP contribution in [0.15, 0.2) is 24.3 Å². The van der Waals surface area contributed by atoms with Gasteiger partial charge in [0.1, 0.15) is 0 Å². The quantitative estimate of drug-likeness (QED) is 0.895. The maximum absolute atomic E-state index is 6.42. The molecule has 3 aliphatic rings. The van der Waals surface area contributed by atoms with E-state index in [0.717, 1.165) is 18.5 Å². The molecule has 2 atom stereocenters. The van der Waals surface area contributed by atoms with Gasteiger partial charge >= 0.3 is 0 Å². The van der Waals surface area contributed by atoms with Crippen LogP contribution in [0.2, 0.25) is 0 Å². The average molecular weight is 284 g/mol. The highest BCUT2D eigenvalue weighted by molar-refractivity contribution is 5.39. The summed E-state index contributed by atoms with van der Waals surface area (Å²) in [4.78, 5) is 2.83. The van der Waals surface area contributed by atoms with Crippen LogP contribution in [-0.4, -0.2) is 24.0 Å². The van der Waals surface area contributed by atoms with Gasteiger partial charge in [0.2, 0.25) is 0 Å². The minimum Gasteiger partial charge on any atom is -0.328 e. The zero-order valence-electron chi connectivity index (χ0n) is 13.2. The van der Waals surface area contributed by atoms with Gasteiger partial charge in [-0.2, -0.15) is 0 Å². The van der Waals surface area contributed by atoms with Crippen molar-refractivity contribution >= 4 is 0 Å². The van der Waals surface area contributed by atoms with E-state index in [1.165, 1.54) is 45.1 Å². The summed E-state index contributed by atoms with van der Waals surface area (Å²) in [5.41, 5.74) is 9.63. The molecule has 0 spiro atoms. The molecule has 1 aromatic carbocycles. The molecule has 2 N–H and O–H groups in total. The topological polar surface area (TPSA) is 29.3 Å². The maximum atomic E-state index is 6.42. The highest BCUT2D eigenvalue weighted by Crippen LogP contribution is 2.49. The third kappa shape index (κ3) is 2.33. The lowest BCUT2D eigenvalue weighted by Gasteiger charge is -2.49. The van der Waals surface area contributed by atoms with E-state index in [1.54, 1.807) is 11.1 Å². The third-order valence-electron chi connectivity index (χ3n) is 6.01. The Hall–Kier alpha value is -0.860. The Morgan fingerprint density at radius 2 is 1.90 bits per heavy atom. The molecule has 114 valence electrons. The maximum Gasteiger partial charge on any atom is 0.0589 e. The number of hydrogen-bond donors (Lipinski definition) is 1. The number of nitrogens with two attached hydrogens (primary N) is 1. The number of fused-ring (bicyclic) bond motifs is 1. The molecule has 2 nitrogen and oxygen atoms in total. The third-order valence-corrected chi connectivity index (χ3v) is 6.01. The number of nitrogens with zero attached hydrogens (tertiary/aromatic N) is 1. The largest absolute Gasteiger partial charge is 0.328 e. The van der Waals surface area contributed by atoms with Crippen molar-refractivity contribution < 1.29 is 0 Å². The van der Waals surface area contributed by atoms with Gasteiger partial charge in [0.15, 0.2) is 0 Å². The smallest absolute Gasteiger partial charge is 0.0589 e. The van der Waals surface area contributed by atoms with Gasteiger partial charge in [-0.15, -0.1) is 0 Å². The normalized spacial score (nSPS) is 32.2. The summed E-state index contributed by atoms with van der Waals surface area (Å²) in [6, 6.07) is 9.91. The van der Waals surface area contributed by atoms with E-state index in [0.29, 0.717) is 5.92 Å². The highest BCUT2D eigenvalue weighted by Gasteiger charge is 2.48. The van der Waals surface area contributed by atoms with Crippen LogP contribution in [0.4, 0.5) is 0 Å². The average Bonchev–Trinajstić information content (AvgIpc) is 3.39. The fourth-order valence-corrected chi connectivity index (χ4v) is 4.36. The summed E-state index contributed by atoms with van der Waals surface area (Å²) in [7, 11) is 0. The lowest BCUT2D eigenvalue weighted by atomic mass is 9.71. The van der Waals surface area contributed by atoms with Gasteiger partial charge < -0.3 is 5.73 Å². The second-order valence-electron chi connectivity index (χ2n) is 7.59. The molecule has 0 amide bonds. The fourth-order valence-electron chi connectivity index (χ4n) is 4.36. The molecule has 4 rings (SSSR count). The van der Waals surface area contributed by atoms with E-state index < -0.39 is 0 Å². The van der Waals surface area contributed by atoms with Crippen molar-refractivity contribution in [3.05, 3.63) is 35.4 Å². The van der Waals surface area contributed by atoms with E-state index in [-0.39, 0.29) is 5.54 Å². The lowest BCUT2D eigenvalue weighted by molar-refractivity contribution is 0.0570. The van der Waals surface area contributed by atoms with Gasteiger partial charge in [-0.1, -0.05) is 31.2 Å². The second-order valence-corrected chi connectivity index (χ2v) is 7.59. The molecule has 2 saturated carbocycles. The molecule has 0 bridgehead atoms. The molecule has 2 heteroatoms. The van der Waals surface area contributed by atoms with Crippen molar-refractivity contribution in [3.8, 4) is 0 Å². The van der Waals surface area contributed by atoms with Gasteiger partial charge in [-0.05, 0) is 61.5 Å². The molecule has 0 aliphatic heterocycles. The van der Waals surface area contributed by atoms with Crippen LogP contribution < -0.4 is 5.73 Å². The first-order valence-corrected chi connectivity index (χ1v) is 8.81. The first-order chi connectivity index (χ1) is 10.2. The van der Waals surface area contributed by atoms with Crippen LogP contribution in [-0.2, 0) is 5.54 Å². The Balaban J connectivity index is 1.76.